The van der Waals surface area contributed by atoms with Crippen molar-refractivity contribution >= 4 is 38.3 Å². The smallest absolute Gasteiger partial charge is 0.252 e. The van der Waals surface area contributed by atoms with E-state index in [1.54, 1.807) is 28.5 Å². The quantitative estimate of drug-likeness (QED) is 0.741. The highest BCUT2D eigenvalue weighted by atomic mass is 32.2. The Bertz CT molecular complexity index is 1020. The van der Waals surface area contributed by atoms with Gasteiger partial charge in [0.2, 0.25) is 5.91 Å². The van der Waals surface area contributed by atoms with Crippen molar-refractivity contribution in [2.24, 2.45) is 5.92 Å². The fourth-order valence-electron chi connectivity index (χ4n) is 3.15. The Balaban J connectivity index is 1.41. The van der Waals surface area contributed by atoms with E-state index in [1.807, 2.05) is 24.3 Å². The number of aromatic nitrogens is 2. The average Bonchev–Trinajstić information content (AvgIpc) is 3.33. The molecular weight excluding hydrogens is 372 g/mol. The van der Waals surface area contributed by atoms with Crippen molar-refractivity contribution in [1.29, 1.82) is 0 Å². The highest BCUT2D eigenvalue weighted by molar-refractivity contribution is 7.91. The van der Waals surface area contributed by atoms with Crippen LogP contribution in [0.4, 0.5) is 0 Å². The summed E-state index contributed by atoms with van der Waals surface area (Å²) in [5.74, 6) is -0.327. The van der Waals surface area contributed by atoms with E-state index in [1.165, 1.54) is 15.6 Å². The Hall–Kier alpha value is -2.23. The summed E-state index contributed by atoms with van der Waals surface area (Å²) in [5, 5.41) is 1.75. The van der Waals surface area contributed by atoms with Crippen LogP contribution < -0.4 is 5.43 Å². The number of imidazole rings is 1. The largest absolute Gasteiger partial charge is 0.273 e. The van der Waals surface area contributed by atoms with Gasteiger partial charge in [-0.2, -0.15) is 4.31 Å². The summed E-state index contributed by atoms with van der Waals surface area (Å²) in [4.78, 5) is 16.8. The lowest BCUT2D eigenvalue weighted by molar-refractivity contribution is -0.121. The normalized spacial score (nSPS) is 16.8. The van der Waals surface area contributed by atoms with Gasteiger partial charge in [0.25, 0.3) is 10.0 Å². The molecule has 0 radical (unpaired) electrons. The first-order chi connectivity index (χ1) is 12.6. The van der Waals surface area contributed by atoms with Gasteiger partial charge in [0, 0.05) is 19.0 Å². The Labute approximate surface area is 155 Å². The predicted molar refractivity (Wildman–Crippen MR) is 99.9 cm³/mol. The molecule has 0 unspecified atom stereocenters. The predicted octanol–water partition coefficient (Wildman–Crippen LogP) is 2.27. The number of rotatable bonds is 4. The number of hydrogen-bond acceptors (Lipinski definition) is 5. The molecule has 1 aliphatic heterocycles. The molecule has 26 heavy (non-hydrogen) atoms. The molecule has 1 fully saturated rings. The van der Waals surface area contributed by atoms with Crippen molar-refractivity contribution in [2.45, 2.75) is 17.1 Å². The second kappa shape index (κ2) is 6.82. The van der Waals surface area contributed by atoms with Crippen LogP contribution >= 0.6 is 11.3 Å². The molecular formula is C17H18N4O3S2. The van der Waals surface area contributed by atoms with E-state index in [9.17, 15) is 13.2 Å². The van der Waals surface area contributed by atoms with Crippen LogP contribution in [0.1, 0.15) is 12.8 Å². The minimum atomic E-state index is -3.44. The lowest BCUT2D eigenvalue weighted by atomic mass is 9.98. The Kier molecular flexibility index (Phi) is 4.51. The standard InChI is InChI=1S/C17H18N4O3S2/c22-17(19-21-12-18-14-4-1-2-5-15(14)21)13-7-9-20(10-8-13)26(23,24)16-6-3-11-25-16/h1-6,11-13H,7-10H2,(H,19,22). The van der Waals surface area contributed by atoms with Crippen LogP contribution in [0, 0.1) is 5.92 Å². The van der Waals surface area contributed by atoms with E-state index in [0.717, 1.165) is 11.0 Å². The van der Waals surface area contributed by atoms with Crippen LogP contribution in [-0.2, 0) is 14.8 Å². The average molecular weight is 390 g/mol. The molecule has 9 heteroatoms. The van der Waals surface area contributed by atoms with E-state index in [-0.39, 0.29) is 11.8 Å². The van der Waals surface area contributed by atoms with Crippen molar-refractivity contribution < 1.29 is 13.2 Å². The van der Waals surface area contributed by atoms with Gasteiger partial charge in [0.1, 0.15) is 10.5 Å². The molecule has 1 N–H and O–H groups in total. The van der Waals surface area contributed by atoms with Crippen molar-refractivity contribution in [2.75, 3.05) is 18.5 Å². The Morgan fingerprint density at radius 2 is 1.92 bits per heavy atom. The monoisotopic (exact) mass is 390 g/mol. The molecule has 0 spiro atoms. The zero-order chi connectivity index (χ0) is 18.1. The van der Waals surface area contributed by atoms with E-state index in [2.05, 4.69) is 10.4 Å². The molecule has 3 heterocycles. The molecule has 136 valence electrons. The second-order valence-electron chi connectivity index (χ2n) is 6.19. The second-order valence-corrected chi connectivity index (χ2v) is 9.30. The highest BCUT2D eigenvalue weighted by Gasteiger charge is 2.32. The SMILES string of the molecule is O=C(Nn1cnc2ccccc21)C1CCN(S(=O)(=O)c2cccs2)CC1. The number of sulfonamides is 1. The third-order valence-electron chi connectivity index (χ3n) is 4.60. The van der Waals surface area contributed by atoms with Gasteiger partial charge in [0.05, 0.1) is 11.0 Å². The van der Waals surface area contributed by atoms with E-state index in [0.29, 0.717) is 30.1 Å². The maximum absolute atomic E-state index is 12.6. The molecule has 3 aromatic rings. The number of thiophene rings is 1. The number of amides is 1. The first-order valence-corrected chi connectivity index (χ1v) is 10.6. The topological polar surface area (TPSA) is 84.3 Å². The summed E-state index contributed by atoms with van der Waals surface area (Å²) in [6.45, 7) is 0.700. The highest BCUT2D eigenvalue weighted by Crippen LogP contribution is 2.26. The van der Waals surface area contributed by atoms with Crippen LogP contribution in [0.2, 0.25) is 0 Å². The Morgan fingerprint density at radius 3 is 2.65 bits per heavy atom. The summed E-state index contributed by atoms with van der Waals surface area (Å²) >= 11 is 1.22. The van der Waals surface area contributed by atoms with Gasteiger partial charge in [-0.1, -0.05) is 18.2 Å². The van der Waals surface area contributed by atoms with Crippen molar-refractivity contribution in [3.63, 3.8) is 0 Å². The number of benzene rings is 1. The molecule has 0 saturated carbocycles. The van der Waals surface area contributed by atoms with E-state index >= 15 is 0 Å². The number of carbonyl (C=O) groups excluding carboxylic acids is 1. The number of hydrogen-bond donors (Lipinski definition) is 1. The third kappa shape index (κ3) is 3.13. The van der Waals surface area contributed by atoms with Gasteiger partial charge in [0.15, 0.2) is 0 Å². The summed E-state index contributed by atoms with van der Waals surface area (Å²) in [7, 11) is -3.44. The lowest BCUT2D eigenvalue weighted by Crippen LogP contribution is -2.42. The van der Waals surface area contributed by atoms with Crippen molar-refractivity contribution in [3.05, 3.63) is 48.1 Å². The number of nitrogens with zero attached hydrogens (tertiary/aromatic N) is 3. The first kappa shape index (κ1) is 17.2. The van der Waals surface area contributed by atoms with Gasteiger partial charge >= 0.3 is 0 Å². The number of piperidine rings is 1. The third-order valence-corrected chi connectivity index (χ3v) is 7.87. The van der Waals surface area contributed by atoms with Gasteiger partial charge in [-0.15, -0.1) is 11.3 Å². The van der Waals surface area contributed by atoms with Gasteiger partial charge in [-0.3, -0.25) is 10.2 Å². The molecule has 4 rings (SSSR count). The molecule has 0 aliphatic carbocycles. The zero-order valence-electron chi connectivity index (χ0n) is 13.9. The Morgan fingerprint density at radius 1 is 1.15 bits per heavy atom. The first-order valence-electron chi connectivity index (χ1n) is 8.32. The van der Waals surface area contributed by atoms with Crippen LogP contribution in [-0.4, -0.2) is 41.4 Å². The maximum Gasteiger partial charge on any atom is 0.252 e. The molecule has 1 aromatic carbocycles. The molecule has 1 aliphatic rings. The van der Waals surface area contributed by atoms with Crippen molar-refractivity contribution in [3.8, 4) is 0 Å². The minimum absolute atomic E-state index is 0.110. The van der Waals surface area contributed by atoms with Crippen LogP contribution in [0.3, 0.4) is 0 Å². The zero-order valence-corrected chi connectivity index (χ0v) is 15.5. The molecule has 7 nitrogen and oxygen atoms in total. The van der Waals surface area contributed by atoms with Gasteiger partial charge in [-0.05, 0) is 36.4 Å². The van der Waals surface area contributed by atoms with Crippen molar-refractivity contribution in [1.82, 2.24) is 14.0 Å². The number of nitrogens with one attached hydrogen (secondary N) is 1. The number of para-hydroxylation sites is 2. The minimum Gasteiger partial charge on any atom is -0.273 e. The van der Waals surface area contributed by atoms with Gasteiger partial charge < -0.3 is 0 Å². The molecule has 1 amide bonds. The summed E-state index contributed by atoms with van der Waals surface area (Å²) in [5.41, 5.74) is 4.51. The number of fused-ring (bicyclic) bond motifs is 1. The van der Waals surface area contributed by atoms with Crippen LogP contribution in [0.25, 0.3) is 11.0 Å². The van der Waals surface area contributed by atoms with Gasteiger partial charge in [-0.25, -0.2) is 18.1 Å². The molecule has 0 atom stereocenters. The molecule has 2 aromatic heterocycles. The van der Waals surface area contributed by atoms with Crippen LogP contribution in [0.5, 0.6) is 0 Å². The van der Waals surface area contributed by atoms with E-state index in [4.69, 9.17) is 0 Å². The van der Waals surface area contributed by atoms with Crippen LogP contribution in [0.15, 0.2) is 52.3 Å². The molecule has 0 bridgehead atoms. The lowest BCUT2D eigenvalue weighted by Gasteiger charge is -2.30. The maximum atomic E-state index is 12.6. The summed E-state index contributed by atoms with van der Waals surface area (Å²) in [6, 6.07) is 10.9. The summed E-state index contributed by atoms with van der Waals surface area (Å²) in [6.07, 6.45) is 2.59. The van der Waals surface area contributed by atoms with E-state index < -0.39 is 10.0 Å². The molecule has 1 saturated heterocycles. The summed E-state index contributed by atoms with van der Waals surface area (Å²) < 4.78 is 28.5. The fourth-order valence-corrected chi connectivity index (χ4v) is 5.77. The fraction of sp³-hybridized carbons (Fsp3) is 0.294. The number of carbonyl (C=O) groups is 1.